The van der Waals surface area contributed by atoms with Crippen LogP contribution in [0.1, 0.15) is 40.5 Å². The van der Waals surface area contributed by atoms with Crippen LogP contribution in [0.5, 0.6) is 0 Å². The molecule has 0 amide bonds. The van der Waals surface area contributed by atoms with Crippen molar-refractivity contribution in [1.82, 2.24) is 0 Å². The Kier molecular flexibility index (Phi) is 5.45. The topological polar surface area (TPSA) is 0 Å². The molecule has 0 saturated carbocycles. The van der Waals surface area contributed by atoms with Gasteiger partial charge in [-0.15, -0.1) is 0 Å². The lowest BCUT2D eigenvalue weighted by Gasteiger charge is -2.08. The number of rotatable bonds is 5. The predicted octanol–water partition coefficient (Wildman–Crippen LogP) is 4.50. The first kappa shape index (κ1) is 12.2. The zero-order chi connectivity index (χ0) is 10.4. The Morgan fingerprint density at radius 1 is 1.15 bits per heavy atom. The average Bonchev–Trinajstić information content (AvgIpc) is 1.98. The predicted molar refractivity (Wildman–Crippen MR) is 61.8 cm³/mol. The number of allylic oxidation sites excluding steroid dienone is 4. The molecule has 0 bridgehead atoms. The lowest BCUT2D eigenvalue weighted by atomic mass is 9.97. The molecule has 0 radical (unpaired) electrons. The van der Waals surface area contributed by atoms with Gasteiger partial charge in [0.05, 0.1) is 0 Å². The summed E-state index contributed by atoms with van der Waals surface area (Å²) in [5, 5.41) is 0. The molecule has 0 aromatic heterocycles. The molecule has 0 heteroatoms. The molecule has 74 valence electrons. The summed E-state index contributed by atoms with van der Waals surface area (Å²) in [6, 6.07) is 0. The average molecular weight is 178 g/mol. The van der Waals surface area contributed by atoms with Gasteiger partial charge in [0.15, 0.2) is 0 Å². The first-order chi connectivity index (χ1) is 5.93. The van der Waals surface area contributed by atoms with Gasteiger partial charge in [-0.1, -0.05) is 49.8 Å². The smallest absolute Gasteiger partial charge is 0.0247 e. The van der Waals surface area contributed by atoms with Gasteiger partial charge in [0.1, 0.15) is 0 Å². The van der Waals surface area contributed by atoms with Crippen molar-refractivity contribution in [3.8, 4) is 0 Å². The maximum atomic E-state index is 4.04. The Hall–Kier alpha value is -0.780. The minimum absolute atomic E-state index is 0.597. The van der Waals surface area contributed by atoms with Crippen molar-refractivity contribution in [1.29, 1.82) is 0 Å². The molecule has 13 heavy (non-hydrogen) atoms. The fraction of sp³-hybridized carbons (Fsp3) is 0.538. The second-order valence-corrected chi connectivity index (χ2v) is 4.19. The van der Waals surface area contributed by atoms with Crippen molar-refractivity contribution < 1.29 is 0 Å². The number of hydrogen-bond acceptors (Lipinski definition) is 0. The molecule has 0 aliphatic heterocycles. The van der Waals surface area contributed by atoms with E-state index in [-0.39, 0.29) is 0 Å². The van der Waals surface area contributed by atoms with Crippen LogP contribution >= 0.6 is 0 Å². The van der Waals surface area contributed by atoms with Crippen molar-refractivity contribution in [2.45, 2.75) is 40.5 Å². The third kappa shape index (κ3) is 6.39. The van der Waals surface area contributed by atoms with Gasteiger partial charge in [0.25, 0.3) is 0 Å². The van der Waals surface area contributed by atoms with Crippen LogP contribution in [0.15, 0.2) is 36.0 Å². The van der Waals surface area contributed by atoms with Crippen LogP contribution < -0.4 is 0 Å². The van der Waals surface area contributed by atoms with Gasteiger partial charge in [-0.05, 0) is 32.6 Å². The molecular formula is C13H22. The van der Waals surface area contributed by atoms with Crippen LogP contribution in [0.3, 0.4) is 0 Å². The third-order valence-electron chi connectivity index (χ3n) is 2.08. The largest absolute Gasteiger partial charge is 0.0996 e. The summed E-state index contributed by atoms with van der Waals surface area (Å²) in [7, 11) is 0. The van der Waals surface area contributed by atoms with Crippen molar-refractivity contribution in [2.75, 3.05) is 0 Å². The third-order valence-corrected chi connectivity index (χ3v) is 2.08. The first-order valence-electron chi connectivity index (χ1n) is 4.93. The molecule has 0 unspecified atom stereocenters. The van der Waals surface area contributed by atoms with Gasteiger partial charge in [0.2, 0.25) is 0 Å². The molecule has 0 N–H and O–H groups in total. The zero-order valence-electron chi connectivity index (χ0n) is 9.48. The molecule has 0 fully saturated rings. The first-order valence-corrected chi connectivity index (χ1v) is 4.93. The van der Waals surface area contributed by atoms with Crippen LogP contribution in [0, 0.1) is 5.92 Å². The second kappa shape index (κ2) is 5.80. The van der Waals surface area contributed by atoms with Gasteiger partial charge in [-0.2, -0.15) is 0 Å². The van der Waals surface area contributed by atoms with Gasteiger partial charge in [-0.3, -0.25) is 0 Å². The summed E-state index contributed by atoms with van der Waals surface area (Å²) in [5.41, 5.74) is 3.85. The van der Waals surface area contributed by atoms with E-state index >= 15 is 0 Å². The summed E-state index contributed by atoms with van der Waals surface area (Å²) in [4.78, 5) is 0. The van der Waals surface area contributed by atoms with E-state index in [4.69, 9.17) is 0 Å². The van der Waals surface area contributed by atoms with Crippen LogP contribution in [0.25, 0.3) is 0 Å². The molecule has 0 rings (SSSR count). The van der Waals surface area contributed by atoms with Crippen molar-refractivity contribution in [3.63, 3.8) is 0 Å². The molecule has 0 aromatic carbocycles. The molecule has 0 aromatic rings. The molecule has 0 saturated heterocycles. The SMILES string of the molecule is C=C(C=C(C)C)CCC(=C)C(C)C. The summed E-state index contributed by atoms with van der Waals surface area (Å²) < 4.78 is 0. The summed E-state index contributed by atoms with van der Waals surface area (Å²) >= 11 is 0. The Morgan fingerprint density at radius 3 is 2.08 bits per heavy atom. The second-order valence-electron chi connectivity index (χ2n) is 4.19. The Labute approximate surface area is 83.0 Å². The highest BCUT2D eigenvalue weighted by molar-refractivity contribution is 5.19. The fourth-order valence-corrected chi connectivity index (χ4v) is 1.09. The van der Waals surface area contributed by atoms with Gasteiger partial charge >= 0.3 is 0 Å². The van der Waals surface area contributed by atoms with E-state index in [9.17, 15) is 0 Å². The molecular weight excluding hydrogens is 156 g/mol. The van der Waals surface area contributed by atoms with E-state index in [0.717, 1.165) is 12.8 Å². The normalized spacial score (nSPS) is 9.92. The lowest BCUT2D eigenvalue weighted by molar-refractivity contribution is 0.715. The molecule has 0 aliphatic carbocycles. The Balaban J connectivity index is 3.84. The maximum Gasteiger partial charge on any atom is -0.0247 e. The minimum Gasteiger partial charge on any atom is -0.0996 e. The van der Waals surface area contributed by atoms with E-state index in [1.165, 1.54) is 16.7 Å². The van der Waals surface area contributed by atoms with E-state index in [1.807, 2.05) is 0 Å². The molecule has 0 heterocycles. The lowest BCUT2D eigenvalue weighted by Crippen LogP contribution is -1.92. The van der Waals surface area contributed by atoms with Crippen LogP contribution in [0.2, 0.25) is 0 Å². The maximum absolute atomic E-state index is 4.04. The Bertz CT molecular complexity index is 212. The zero-order valence-corrected chi connectivity index (χ0v) is 9.48. The van der Waals surface area contributed by atoms with Crippen LogP contribution in [-0.4, -0.2) is 0 Å². The van der Waals surface area contributed by atoms with E-state index < -0.39 is 0 Å². The Morgan fingerprint density at radius 2 is 1.69 bits per heavy atom. The molecule has 0 spiro atoms. The quantitative estimate of drug-likeness (QED) is 0.429. The molecule has 0 nitrogen and oxygen atoms in total. The van der Waals surface area contributed by atoms with Crippen molar-refractivity contribution >= 4 is 0 Å². The number of hydrogen-bond donors (Lipinski definition) is 0. The molecule has 0 atom stereocenters. The summed E-state index contributed by atoms with van der Waals surface area (Å²) in [5.74, 6) is 0.597. The highest BCUT2D eigenvalue weighted by atomic mass is 14.1. The highest BCUT2D eigenvalue weighted by Crippen LogP contribution is 2.17. The van der Waals surface area contributed by atoms with Crippen LogP contribution in [0.4, 0.5) is 0 Å². The standard InChI is InChI=1S/C13H22/c1-10(2)9-12(5)7-8-13(6)11(3)4/h9,11H,5-8H2,1-4H3. The van der Waals surface area contributed by atoms with E-state index in [0.29, 0.717) is 5.92 Å². The van der Waals surface area contributed by atoms with Gasteiger partial charge in [0, 0.05) is 0 Å². The van der Waals surface area contributed by atoms with Crippen molar-refractivity contribution in [3.05, 3.63) is 36.0 Å². The van der Waals surface area contributed by atoms with Gasteiger partial charge < -0.3 is 0 Å². The fourth-order valence-electron chi connectivity index (χ4n) is 1.09. The van der Waals surface area contributed by atoms with Gasteiger partial charge in [-0.25, -0.2) is 0 Å². The van der Waals surface area contributed by atoms with E-state index in [1.54, 1.807) is 0 Å². The highest BCUT2D eigenvalue weighted by Gasteiger charge is 2.00. The van der Waals surface area contributed by atoms with E-state index in [2.05, 4.69) is 46.9 Å². The monoisotopic (exact) mass is 178 g/mol. The van der Waals surface area contributed by atoms with Crippen LogP contribution in [-0.2, 0) is 0 Å². The van der Waals surface area contributed by atoms with Crippen molar-refractivity contribution in [2.24, 2.45) is 5.92 Å². The molecule has 0 aliphatic rings. The summed E-state index contributed by atoms with van der Waals surface area (Å²) in [6.07, 6.45) is 4.26. The summed E-state index contributed by atoms with van der Waals surface area (Å²) in [6.45, 7) is 16.6. The minimum atomic E-state index is 0.597.